The number of nitrogens with zero attached hydrogens (tertiary/aromatic N) is 3. The highest BCUT2D eigenvalue weighted by molar-refractivity contribution is 14.0. The minimum absolute atomic E-state index is 0. The van der Waals surface area contributed by atoms with E-state index in [2.05, 4.69) is 67.2 Å². The van der Waals surface area contributed by atoms with Crippen LogP contribution in [0.5, 0.6) is 0 Å². The summed E-state index contributed by atoms with van der Waals surface area (Å²) < 4.78 is 0. The zero-order valence-electron chi connectivity index (χ0n) is 15.6. The molecule has 1 fully saturated rings. The zero-order valence-corrected chi connectivity index (χ0v) is 17.9. The van der Waals surface area contributed by atoms with Crippen molar-refractivity contribution >= 4 is 29.9 Å². The van der Waals surface area contributed by atoms with Crippen molar-refractivity contribution < 1.29 is 0 Å². The van der Waals surface area contributed by atoms with Crippen LogP contribution >= 0.6 is 24.0 Å². The van der Waals surface area contributed by atoms with Crippen LogP contribution in [0.3, 0.4) is 0 Å². The number of aryl methyl sites for hydroxylation is 1. The molecule has 0 amide bonds. The minimum Gasteiger partial charge on any atom is -0.357 e. The predicted molar refractivity (Wildman–Crippen MR) is 114 cm³/mol. The summed E-state index contributed by atoms with van der Waals surface area (Å²) in [6.45, 7) is 12.9. The summed E-state index contributed by atoms with van der Waals surface area (Å²) in [5.74, 6) is 1.72. The molecular formula is C19H33IN4. The van der Waals surface area contributed by atoms with Gasteiger partial charge in [-0.15, -0.1) is 24.0 Å². The van der Waals surface area contributed by atoms with Gasteiger partial charge >= 0.3 is 0 Å². The molecule has 24 heavy (non-hydrogen) atoms. The van der Waals surface area contributed by atoms with Gasteiger partial charge in [-0.3, -0.25) is 4.99 Å². The Morgan fingerprint density at radius 2 is 2.08 bits per heavy atom. The van der Waals surface area contributed by atoms with E-state index < -0.39 is 0 Å². The van der Waals surface area contributed by atoms with Gasteiger partial charge in [0, 0.05) is 33.2 Å². The second-order valence-electron chi connectivity index (χ2n) is 6.53. The van der Waals surface area contributed by atoms with Gasteiger partial charge in [0.15, 0.2) is 5.96 Å². The quantitative estimate of drug-likeness (QED) is 0.415. The number of nitrogens with one attached hydrogen (secondary N) is 1. The van der Waals surface area contributed by atoms with Gasteiger partial charge in [0.05, 0.1) is 0 Å². The van der Waals surface area contributed by atoms with E-state index in [9.17, 15) is 0 Å². The second-order valence-corrected chi connectivity index (χ2v) is 6.53. The van der Waals surface area contributed by atoms with Crippen molar-refractivity contribution in [1.29, 1.82) is 0 Å². The van der Waals surface area contributed by atoms with Crippen molar-refractivity contribution in [2.75, 3.05) is 39.8 Å². The Bertz CT molecular complexity index is 518. The number of hydrogen-bond acceptors (Lipinski definition) is 2. The molecule has 1 aliphatic heterocycles. The molecule has 1 aromatic rings. The number of benzene rings is 1. The monoisotopic (exact) mass is 444 g/mol. The average Bonchev–Trinajstić information content (AvgIpc) is 3.01. The minimum atomic E-state index is 0. The normalized spacial score (nSPS) is 18.3. The lowest BCUT2D eigenvalue weighted by Gasteiger charge is -2.23. The highest BCUT2D eigenvalue weighted by Crippen LogP contribution is 2.16. The van der Waals surface area contributed by atoms with Crippen LogP contribution in [0, 0.1) is 12.8 Å². The summed E-state index contributed by atoms with van der Waals surface area (Å²) in [5.41, 5.74) is 2.70. The van der Waals surface area contributed by atoms with Crippen molar-refractivity contribution in [3.05, 3.63) is 35.4 Å². The van der Waals surface area contributed by atoms with Crippen molar-refractivity contribution in [3.8, 4) is 0 Å². The number of hydrogen-bond donors (Lipinski definition) is 1. The van der Waals surface area contributed by atoms with E-state index in [1.807, 2.05) is 0 Å². The van der Waals surface area contributed by atoms with Crippen LogP contribution in [-0.2, 0) is 6.54 Å². The van der Waals surface area contributed by atoms with Gasteiger partial charge < -0.3 is 15.1 Å². The fourth-order valence-corrected chi connectivity index (χ4v) is 3.15. The zero-order chi connectivity index (χ0) is 16.7. The Morgan fingerprint density at radius 1 is 1.33 bits per heavy atom. The Balaban J connectivity index is 0.00000288. The molecule has 0 aliphatic carbocycles. The molecule has 0 radical (unpaired) electrons. The summed E-state index contributed by atoms with van der Waals surface area (Å²) in [6, 6.07) is 8.58. The third kappa shape index (κ3) is 6.24. The van der Waals surface area contributed by atoms with Crippen LogP contribution in [0.15, 0.2) is 29.3 Å². The van der Waals surface area contributed by atoms with E-state index >= 15 is 0 Å². The molecule has 0 aromatic heterocycles. The first-order valence-corrected chi connectivity index (χ1v) is 8.90. The molecule has 136 valence electrons. The van der Waals surface area contributed by atoms with E-state index in [1.165, 1.54) is 30.6 Å². The lowest BCUT2D eigenvalue weighted by molar-refractivity contribution is 0.343. The molecule has 4 nitrogen and oxygen atoms in total. The molecule has 1 atom stereocenters. The standard InChI is InChI=1S/C19H32N4.HI/c1-5-20-19(21-13-17-11-12-23(6-2)14-17)22(4)15-18-10-8-7-9-16(18)3;/h7-10,17H,5-6,11-15H2,1-4H3,(H,20,21);1H. The maximum atomic E-state index is 4.89. The number of aliphatic imine (C=N–C) groups is 1. The van der Waals surface area contributed by atoms with Gasteiger partial charge in [-0.1, -0.05) is 31.2 Å². The van der Waals surface area contributed by atoms with Gasteiger partial charge in [-0.2, -0.15) is 0 Å². The van der Waals surface area contributed by atoms with Crippen LogP contribution < -0.4 is 5.32 Å². The van der Waals surface area contributed by atoms with E-state index in [4.69, 9.17) is 4.99 Å². The lowest BCUT2D eigenvalue weighted by atomic mass is 10.1. The molecule has 1 N–H and O–H groups in total. The molecule has 5 heteroatoms. The first-order chi connectivity index (χ1) is 11.1. The fourth-order valence-electron chi connectivity index (χ4n) is 3.15. The van der Waals surface area contributed by atoms with E-state index in [1.54, 1.807) is 0 Å². The Kier molecular flexibility index (Phi) is 9.66. The van der Waals surface area contributed by atoms with E-state index in [-0.39, 0.29) is 24.0 Å². The van der Waals surface area contributed by atoms with Gasteiger partial charge in [-0.25, -0.2) is 0 Å². The highest BCUT2D eigenvalue weighted by atomic mass is 127. The molecule has 0 spiro atoms. The van der Waals surface area contributed by atoms with Crippen LogP contribution in [-0.4, -0.2) is 55.5 Å². The molecule has 1 saturated heterocycles. The Morgan fingerprint density at radius 3 is 2.71 bits per heavy atom. The third-order valence-electron chi connectivity index (χ3n) is 4.68. The number of rotatable bonds is 6. The second kappa shape index (κ2) is 10.9. The summed E-state index contributed by atoms with van der Waals surface area (Å²) in [5, 5.41) is 3.43. The Hall–Kier alpha value is -0.820. The van der Waals surface area contributed by atoms with Crippen LogP contribution in [0.4, 0.5) is 0 Å². The van der Waals surface area contributed by atoms with Crippen molar-refractivity contribution in [2.45, 2.75) is 33.7 Å². The molecule has 0 bridgehead atoms. The molecule has 1 aliphatic rings. The maximum Gasteiger partial charge on any atom is 0.193 e. The van der Waals surface area contributed by atoms with Crippen molar-refractivity contribution in [3.63, 3.8) is 0 Å². The van der Waals surface area contributed by atoms with Crippen molar-refractivity contribution in [1.82, 2.24) is 15.1 Å². The SMILES string of the molecule is CCNC(=NCC1CCN(CC)C1)N(C)Cc1ccccc1C.I. The van der Waals surface area contributed by atoms with Gasteiger partial charge in [0.1, 0.15) is 0 Å². The molecule has 2 rings (SSSR count). The average molecular weight is 444 g/mol. The summed E-state index contributed by atoms with van der Waals surface area (Å²) in [4.78, 5) is 9.65. The molecule has 1 heterocycles. The van der Waals surface area contributed by atoms with Gasteiger partial charge in [0.2, 0.25) is 0 Å². The predicted octanol–water partition coefficient (Wildman–Crippen LogP) is 3.35. The number of guanidine groups is 1. The smallest absolute Gasteiger partial charge is 0.193 e. The Labute approximate surface area is 164 Å². The molecule has 0 saturated carbocycles. The summed E-state index contributed by atoms with van der Waals surface area (Å²) >= 11 is 0. The largest absolute Gasteiger partial charge is 0.357 e. The van der Waals surface area contributed by atoms with Crippen LogP contribution in [0.25, 0.3) is 0 Å². The molecule has 1 unspecified atom stereocenters. The number of halogens is 1. The van der Waals surface area contributed by atoms with Gasteiger partial charge in [0.25, 0.3) is 0 Å². The fraction of sp³-hybridized carbons (Fsp3) is 0.632. The third-order valence-corrected chi connectivity index (χ3v) is 4.68. The summed E-state index contributed by atoms with van der Waals surface area (Å²) in [6.07, 6.45) is 1.28. The summed E-state index contributed by atoms with van der Waals surface area (Å²) in [7, 11) is 2.13. The van der Waals surface area contributed by atoms with Crippen LogP contribution in [0.2, 0.25) is 0 Å². The lowest BCUT2D eigenvalue weighted by Crippen LogP contribution is -2.39. The first-order valence-electron chi connectivity index (χ1n) is 8.90. The molecule has 1 aromatic carbocycles. The van der Waals surface area contributed by atoms with E-state index in [0.717, 1.165) is 32.1 Å². The highest BCUT2D eigenvalue weighted by Gasteiger charge is 2.21. The van der Waals surface area contributed by atoms with E-state index in [0.29, 0.717) is 5.92 Å². The maximum absolute atomic E-state index is 4.89. The van der Waals surface area contributed by atoms with Crippen LogP contribution in [0.1, 0.15) is 31.4 Å². The molecular weight excluding hydrogens is 411 g/mol. The van der Waals surface area contributed by atoms with Gasteiger partial charge in [-0.05, 0) is 50.4 Å². The topological polar surface area (TPSA) is 30.9 Å². The van der Waals surface area contributed by atoms with Crippen molar-refractivity contribution in [2.24, 2.45) is 10.9 Å². The first kappa shape index (κ1) is 21.2. The number of likely N-dealkylation sites (tertiary alicyclic amines) is 1.